The molecule has 0 saturated carbocycles. The van der Waals surface area contributed by atoms with Crippen LogP contribution >= 0.6 is 0 Å². The number of rotatable bonds is 5. The van der Waals surface area contributed by atoms with Gasteiger partial charge in [-0.05, 0) is 60.7 Å². The Morgan fingerprint density at radius 1 is 0.846 bits per heavy atom. The molecule has 6 nitrogen and oxygen atoms in total. The molecule has 3 rings (SSSR count). The highest BCUT2D eigenvalue weighted by molar-refractivity contribution is 7.84. The molecule has 0 spiro atoms. The molecule has 132 valence electrons. The fourth-order valence-corrected chi connectivity index (χ4v) is 2.76. The Morgan fingerprint density at radius 2 is 1.42 bits per heavy atom. The summed E-state index contributed by atoms with van der Waals surface area (Å²) < 4.78 is 16.4. The van der Waals surface area contributed by atoms with Crippen LogP contribution in [0.25, 0.3) is 0 Å². The molecule has 7 heteroatoms. The van der Waals surface area contributed by atoms with E-state index in [-0.39, 0.29) is 17.6 Å². The van der Waals surface area contributed by atoms with Gasteiger partial charge in [-0.1, -0.05) is 0 Å². The highest BCUT2D eigenvalue weighted by Crippen LogP contribution is 2.16. The predicted octanol–water partition coefficient (Wildman–Crippen LogP) is 3.52. The molecule has 0 saturated heterocycles. The molecule has 0 aliphatic heterocycles. The van der Waals surface area contributed by atoms with Crippen LogP contribution in [0.4, 0.5) is 11.4 Å². The molecule has 1 atom stereocenters. The third-order valence-electron chi connectivity index (χ3n) is 3.59. The van der Waals surface area contributed by atoms with Crippen molar-refractivity contribution >= 4 is 34.0 Å². The minimum atomic E-state index is -1.08. The van der Waals surface area contributed by atoms with E-state index < -0.39 is 10.8 Å². The number of carbonyl (C=O) groups is 2. The Labute approximate surface area is 152 Å². The van der Waals surface area contributed by atoms with Crippen molar-refractivity contribution in [1.29, 1.82) is 0 Å². The molecule has 2 N–H and O–H groups in total. The van der Waals surface area contributed by atoms with Crippen molar-refractivity contribution in [1.82, 2.24) is 0 Å². The second-order valence-corrected chi connectivity index (χ2v) is 6.82. The minimum absolute atomic E-state index is 0.221. The first-order valence-corrected chi connectivity index (χ1v) is 9.28. The highest BCUT2D eigenvalue weighted by atomic mass is 32.2. The molecule has 0 bridgehead atoms. The van der Waals surface area contributed by atoms with Crippen LogP contribution in [0.1, 0.15) is 20.9 Å². The first-order valence-electron chi connectivity index (χ1n) is 7.73. The quantitative estimate of drug-likeness (QED) is 0.721. The van der Waals surface area contributed by atoms with Gasteiger partial charge in [0.05, 0.1) is 6.26 Å². The number of benzene rings is 2. The van der Waals surface area contributed by atoms with Crippen LogP contribution in [0.3, 0.4) is 0 Å². The first-order chi connectivity index (χ1) is 12.5. The summed E-state index contributed by atoms with van der Waals surface area (Å²) in [7, 11) is -1.08. The molecule has 0 fully saturated rings. The van der Waals surface area contributed by atoms with Crippen molar-refractivity contribution in [3.63, 3.8) is 0 Å². The van der Waals surface area contributed by atoms with E-state index in [9.17, 15) is 13.8 Å². The molecule has 0 aliphatic rings. The Kier molecular flexibility index (Phi) is 5.28. The number of amides is 2. The Morgan fingerprint density at radius 3 is 1.92 bits per heavy atom. The van der Waals surface area contributed by atoms with Gasteiger partial charge in [0.2, 0.25) is 0 Å². The molecule has 1 unspecified atom stereocenters. The smallest absolute Gasteiger partial charge is 0.291 e. The van der Waals surface area contributed by atoms with Gasteiger partial charge in [-0.3, -0.25) is 13.8 Å². The number of hydrogen-bond acceptors (Lipinski definition) is 4. The summed E-state index contributed by atoms with van der Waals surface area (Å²) >= 11 is 0. The standard InChI is InChI=1S/C19H16N2O4S/c1-26(24)16-10-4-13(5-11-16)18(22)20-14-6-8-15(9-7-14)21-19(23)17-3-2-12-25-17/h2-12H,1H3,(H,20,22)(H,21,23). The lowest BCUT2D eigenvalue weighted by molar-refractivity contribution is 0.0994. The van der Waals surface area contributed by atoms with Gasteiger partial charge in [0.1, 0.15) is 0 Å². The summed E-state index contributed by atoms with van der Waals surface area (Å²) in [6.07, 6.45) is 3.01. The van der Waals surface area contributed by atoms with Crippen molar-refractivity contribution < 1.29 is 18.2 Å². The van der Waals surface area contributed by atoms with Crippen molar-refractivity contribution in [2.24, 2.45) is 0 Å². The largest absolute Gasteiger partial charge is 0.459 e. The summed E-state index contributed by atoms with van der Waals surface area (Å²) in [6, 6.07) is 16.5. The van der Waals surface area contributed by atoms with Crippen molar-refractivity contribution in [3.05, 3.63) is 78.3 Å². The normalized spacial score (nSPS) is 11.6. The average molecular weight is 368 g/mol. The molecule has 1 heterocycles. The predicted molar refractivity (Wildman–Crippen MR) is 99.8 cm³/mol. The van der Waals surface area contributed by atoms with Crippen molar-refractivity contribution in [2.45, 2.75) is 4.90 Å². The Hall–Kier alpha value is -3.19. The molecular weight excluding hydrogens is 352 g/mol. The zero-order valence-corrected chi connectivity index (χ0v) is 14.7. The van der Waals surface area contributed by atoms with Crippen LogP contribution in [0, 0.1) is 0 Å². The molecule has 26 heavy (non-hydrogen) atoms. The SMILES string of the molecule is CS(=O)c1ccc(C(=O)Nc2ccc(NC(=O)c3ccco3)cc2)cc1. The van der Waals surface area contributed by atoms with E-state index in [1.165, 1.54) is 6.26 Å². The van der Waals surface area contributed by atoms with E-state index in [1.54, 1.807) is 66.9 Å². The van der Waals surface area contributed by atoms with Gasteiger partial charge < -0.3 is 15.1 Å². The van der Waals surface area contributed by atoms with E-state index >= 15 is 0 Å². The lowest BCUT2D eigenvalue weighted by Gasteiger charge is -2.08. The maximum Gasteiger partial charge on any atom is 0.291 e. The van der Waals surface area contributed by atoms with E-state index in [0.717, 1.165) is 0 Å². The maximum absolute atomic E-state index is 12.2. The maximum atomic E-state index is 12.2. The van der Waals surface area contributed by atoms with Gasteiger partial charge in [-0.25, -0.2) is 0 Å². The monoisotopic (exact) mass is 368 g/mol. The van der Waals surface area contributed by atoms with Crippen LogP contribution in [-0.4, -0.2) is 22.3 Å². The molecule has 0 radical (unpaired) electrons. The lowest BCUT2D eigenvalue weighted by Crippen LogP contribution is -2.13. The van der Waals surface area contributed by atoms with Gasteiger partial charge >= 0.3 is 0 Å². The molecule has 3 aromatic rings. The van der Waals surface area contributed by atoms with Gasteiger partial charge in [0.25, 0.3) is 11.8 Å². The average Bonchev–Trinajstić information content (AvgIpc) is 3.18. The zero-order valence-electron chi connectivity index (χ0n) is 13.9. The second-order valence-electron chi connectivity index (χ2n) is 5.44. The van der Waals surface area contributed by atoms with Crippen LogP contribution in [0.2, 0.25) is 0 Å². The number of furan rings is 1. The number of anilines is 2. The number of hydrogen-bond donors (Lipinski definition) is 2. The Bertz CT molecular complexity index is 933. The second kappa shape index (κ2) is 7.79. The molecular formula is C19H16N2O4S. The summed E-state index contributed by atoms with van der Waals surface area (Å²) in [5.74, 6) is -0.398. The van der Waals surface area contributed by atoms with Gasteiger partial charge in [-0.2, -0.15) is 0 Å². The summed E-state index contributed by atoms with van der Waals surface area (Å²) in [5.41, 5.74) is 1.64. The third kappa shape index (κ3) is 4.25. The topological polar surface area (TPSA) is 88.4 Å². The zero-order chi connectivity index (χ0) is 18.5. The summed E-state index contributed by atoms with van der Waals surface area (Å²) in [6.45, 7) is 0. The molecule has 0 aliphatic carbocycles. The third-order valence-corrected chi connectivity index (χ3v) is 4.53. The van der Waals surface area contributed by atoms with E-state index in [1.807, 2.05) is 0 Å². The number of nitrogens with one attached hydrogen (secondary N) is 2. The van der Waals surface area contributed by atoms with Gasteiger partial charge in [0, 0.05) is 38.9 Å². The minimum Gasteiger partial charge on any atom is -0.459 e. The summed E-state index contributed by atoms with van der Waals surface area (Å²) in [5, 5.41) is 5.47. The van der Waals surface area contributed by atoms with Crippen LogP contribution in [0.5, 0.6) is 0 Å². The van der Waals surface area contributed by atoms with Crippen LogP contribution in [-0.2, 0) is 10.8 Å². The fraction of sp³-hybridized carbons (Fsp3) is 0.0526. The van der Waals surface area contributed by atoms with Crippen LogP contribution < -0.4 is 10.6 Å². The number of carbonyl (C=O) groups excluding carboxylic acids is 2. The fourth-order valence-electron chi connectivity index (χ4n) is 2.24. The molecule has 2 aromatic carbocycles. The van der Waals surface area contributed by atoms with E-state index in [0.29, 0.717) is 21.8 Å². The van der Waals surface area contributed by atoms with Gasteiger partial charge in [-0.15, -0.1) is 0 Å². The van der Waals surface area contributed by atoms with Crippen molar-refractivity contribution in [2.75, 3.05) is 16.9 Å². The molecule has 2 amide bonds. The van der Waals surface area contributed by atoms with Crippen LogP contribution in [0.15, 0.2) is 76.2 Å². The van der Waals surface area contributed by atoms with Gasteiger partial charge in [0.15, 0.2) is 5.76 Å². The first kappa shape index (κ1) is 17.6. The summed E-state index contributed by atoms with van der Waals surface area (Å²) in [4.78, 5) is 24.8. The van der Waals surface area contributed by atoms with E-state index in [4.69, 9.17) is 4.42 Å². The highest BCUT2D eigenvalue weighted by Gasteiger charge is 2.10. The van der Waals surface area contributed by atoms with E-state index in [2.05, 4.69) is 10.6 Å². The Balaban J connectivity index is 1.62. The molecule has 1 aromatic heterocycles. The lowest BCUT2D eigenvalue weighted by atomic mass is 10.2. The van der Waals surface area contributed by atoms with Crippen molar-refractivity contribution in [3.8, 4) is 0 Å².